The number of carbonyl (C=O) groups is 1. The zero-order chi connectivity index (χ0) is 15.7. The van der Waals surface area contributed by atoms with Gasteiger partial charge in [0, 0.05) is 44.5 Å². The zero-order valence-corrected chi connectivity index (χ0v) is 13.4. The Morgan fingerprint density at radius 3 is 2.91 bits per heavy atom. The Morgan fingerprint density at radius 2 is 2.18 bits per heavy atom. The number of ether oxygens (including phenoxy) is 1. The SMILES string of the molecule is CCN1C[C@H](NC(=O)c2ccc3ccn(C)c3c2)[C@@H](OC)C1. The number of benzene rings is 1. The van der Waals surface area contributed by atoms with Crippen LogP contribution in [0.3, 0.4) is 0 Å². The number of amides is 1. The highest BCUT2D eigenvalue weighted by Gasteiger charge is 2.33. The van der Waals surface area contributed by atoms with Crippen LogP contribution in [0.2, 0.25) is 0 Å². The number of fused-ring (bicyclic) bond motifs is 1. The fourth-order valence-electron chi connectivity index (χ4n) is 3.14. The number of rotatable bonds is 4. The molecule has 1 amide bonds. The van der Waals surface area contributed by atoms with Gasteiger partial charge in [-0.2, -0.15) is 0 Å². The summed E-state index contributed by atoms with van der Waals surface area (Å²) in [5.41, 5.74) is 1.76. The Labute approximate surface area is 130 Å². The first-order chi connectivity index (χ1) is 10.6. The average molecular weight is 301 g/mol. The second-order valence-electron chi connectivity index (χ2n) is 5.91. The van der Waals surface area contributed by atoms with Gasteiger partial charge < -0.3 is 14.6 Å². The molecule has 1 fully saturated rings. The van der Waals surface area contributed by atoms with Gasteiger partial charge in [0.25, 0.3) is 5.91 Å². The van der Waals surface area contributed by atoms with Crippen LogP contribution in [0.15, 0.2) is 30.5 Å². The Hall–Kier alpha value is -1.85. The van der Waals surface area contributed by atoms with E-state index in [1.165, 1.54) is 0 Å². The summed E-state index contributed by atoms with van der Waals surface area (Å²) in [4.78, 5) is 14.8. The number of nitrogens with zero attached hydrogens (tertiary/aromatic N) is 2. The molecule has 118 valence electrons. The predicted molar refractivity (Wildman–Crippen MR) is 87.1 cm³/mol. The zero-order valence-electron chi connectivity index (χ0n) is 13.4. The summed E-state index contributed by atoms with van der Waals surface area (Å²) in [6.45, 7) is 4.81. The fourth-order valence-corrected chi connectivity index (χ4v) is 3.14. The van der Waals surface area contributed by atoms with Gasteiger partial charge in [-0.25, -0.2) is 0 Å². The first-order valence-corrected chi connectivity index (χ1v) is 7.73. The number of carbonyl (C=O) groups excluding carboxylic acids is 1. The molecule has 1 aromatic heterocycles. The minimum atomic E-state index is -0.0342. The molecule has 0 aliphatic carbocycles. The normalized spacial score (nSPS) is 22.3. The molecule has 1 aliphatic rings. The Kier molecular flexibility index (Phi) is 4.18. The number of nitrogens with one attached hydrogen (secondary N) is 1. The van der Waals surface area contributed by atoms with E-state index in [4.69, 9.17) is 4.74 Å². The first kappa shape index (κ1) is 15.1. The number of hydrogen-bond acceptors (Lipinski definition) is 3. The van der Waals surface area contributed by atoms with Crippen molar-refractivity contribution in [2.45, 2.75) is 19.1 Å². The fraction of sp³-hybridized carbons (Fsp3) is 0.471. The Bertz CT molecular complexity index is 680. The third-order valence-electron chi connectivity index (χ3n) is 4.56. The van der Waals surface area contributed by atoms with E-state index in [0.717, 1.165) is 30.5 Å². The lowest BCUT2D eigenvalue weighted by molar-refractivity contribution is 0.0762. The van der Waals surface area contributed by atoms with Crippen LogP contribution in [-0.2, 0) is 11.8 Å². The molecule has 2 atom stereocenters. The van der Waals surface area contributed by atoms with Crippen molar-refractivity contribution in [3.05, 3.63) is 36.0 Å². The summed E-state index contributed by atoms with van der Waals surface area (Å²) in [5, 5.41) is 4.27. The molecule has 0 radical (unpaired) electrons. The monoisotopic (exact) mass is 301 g/mol. The molecular weight excluding hydrogens is 278 g/mol. The molecule has 1 N–H and O–H groups in total. The van der Waals surface area contributed by atoms with Crippen molar-refractivity contribution in [3.63, 3.8) is 0 Å². The largest absolute Gasteiger partial charge is 0.378 e. The van der Waals surface area contributed by atoms with Crippen LogP contribution in [0.5, 0.6) is 0 Å². The van der Waals surface area contributed by atoms with Gasteiger partial charge >= 0.3 is 0 Å². The summed E-state index contributed by atoms with van der Waals surface area (Å²) < 4.78 is 7.54. The topological polar surface area (TPSA) is 46.5 Å². The molecule has 5 heteroatoms. The number of likely N-dealkylation sites (tertiary alicyclic amines) is 1. The van der Waals surface area contributed by atoms with Gasteiger partial charge in [-0.3, -0.25) is 9.69 Å². The van der Waals surface area contributed by atoms with Crippen LogP contribution in [0, 0.1) is 0 Å². The third kappa shape index (κ3) is 2.74. The lowest BCUT2D eigenvalue weighted by atomic mass is 10.1. The number of likely N-dealkylation sites (N-methyl/N-ethyl adjacent to an activating group) is 1. The lowest BCUT2D eigenvalue weighted by Crippen LogP contribution is -2.43. The van der Waals surface area contributed by atoms with Crippen molar-refractivity contribution in [3.8, 4) is 0 Å². The highest BCUT2D eigenvalue weighted by atomic mass is 16.5. The van der Waals surface area contributed by atoms with Crippen molar-refractivity contribution in [2.75, 3.05) is 26.7 Å². The Morgan fingerprint density at radius 1 is 1.36 bits per heavy atom. The molecule has 1 aliphatic heterocycles. The first-order valence-electron chi connectivity index (χ1n) is 7.73. The van der Waals surface area contributed by atoms with Crippen LogP contribution in [-0.4, -0.2) is 54.3 Å². The van der Waals surface area contributed by atoms with Crippen molar-refractivity contribution in [1.29, 1.82) is 0 Å². The summed E-state index contributed by atoms with van der Waals surface area (Å²) in [7, 11) is 3.69. The van der Waals surface area contributed by atoms with E-state index in [0.29, 0.717) is 5.56 Å². The van der Waals surface area contributed by atoms with E-state index in [1.807, 2.05) is 42.1 Å². The molecule has 0 unspecified atom stereocenters. The van der Waals surface area contributed by atoms with Crippen molar-refractivity contribution in [2.24, 2.45) is 7.05 Å². The smallest absolute Gasteiger partial charge is 0.251 e. The van der Waals surface area contributed by atoms with E-state index < -0.39 is 0 Å². The molecule has 2 heterocycles. The third-order valence-corrected chi connectivity index (χ3v) is 4.56. The Balaban J connectivity index is 1.76. The quantitative estimate of drug-likeness (QED) is 0.933. The van der Waals surface area contributed by atoms with Gasteiger partial charge in [0.1, 0.15) is 0 Å². The molecular formula is C17H23N3O2. The van der Waals surface area contributed by atoms with Gasteiger partial charge in [-0.05, 0) is 30.1 Å². The molecule has 22 heavy (non-hydrogen) atoms. The summed E-state index contributed by atoms with van der Waals surface area (Å²) >= 11 is 0. The number of hydrogen-bond donors (Lipinski definition) is 1. The maximum atomic E-state index is 12.5. The summed E-state index contributed by atoms with van der Waals surface area (Å²) in [6.07, 6.45) is 2.06. The molecule has 0 bridgehead atoms. The number of aryl methyl sites for hydroxylation is 1. The highest BCUT2D eigenvalue weighted by molar-refractivity contribution is 5.98. The van der Waals surface area contributed by atoms with Crippen LogP contribution in [0.4, 0.5) is 0 Å². The van der Waals surface area contributed by atoms with Gasteiger partial charge in [0.15, 0.2) is 0 Å². The minimum absolute atomic E-state index is 0.0342. The number of aromatic nitrogens is 1. The molecule has 2 aromatic rings. The maximum Gasteiger partial charge on any atom is 0.251 e. The molecule has 3 rings (SSSR count). The van der Waals surface area contributed by atoms with Gasteiger partial charge in [0.05, 0.1) is 12.1 Å². The second-order valence-corrected chi connectivity index (χ2v) is 5.91. The average Bonchev–Trinajstić information content (AvgIpc) is 3.10. The number of methoxy groups -OCH3 is 1. The molecule has 1 saturated heterocycles. The summed E-state index contributed by atoms with van der Waals surface area (Å²) in [5.74, 6) is -0.0342. The highest BCUT2D eigenvalue weighted by Crippen LogP contribution is 2.18. The van der Waals surface area contributed by atoms with Crippen LogP contribution < -0.4 is 5.32 Å². The van der Waals surface area contributed by atoms with E-state index in [1.54, 1.807) is 7.11 Å². The van der Waals surface area contributed by atoms with Crippen LogP contribution in [0.1, 0.15) is 17.3 Å². The van der Waals surface area contributed by atoms with E-state index in [9.17, 15) is 4.79 Å². The molecule has 5 nitrogen and oxygen atoms in total. The van der Waals surface area contributed by atoms with Gasteiger partial charge in [0.2, 0.25) is 0 Å². The van der Waals surface area contributed by atoms with Crippen molar-refractivity contribution >= 4 is 16.8 Å². The standard InChI is InChI=1S/C17H23N3O2/c1-4-20-10-14(16(11-20)22-3)18-17(21)13-6-5-12-7-8-19(2)15(12)9-13/h5-9,14,16H,4,10-11H2,1-3H3,(H,18,21)/t14-,16-/m0/s1. The van der Waals surface area contributed by atoms with Crippen LogP contribution >= 0.6 is 0 Å². The van der Waals surface area contributed by atoms with E-state index in [2.05, 4.69) is 17.1 Å². The van der Waals surface area contributed by atoms with E-state index >= 15 is 0 Å². The molecule has 1 aromatic carbocycles. The molecule has 0 spiro atoms. The van der Waals surface area contributed by atoms with Gasteiger partial charge in [-0.15, -0.1) is 0 Å². The van der Waals surface area contributed by atoms with Crippen molar-refractivity contribution < 1.29 is 9.53 Å². The predicted octanol–water partition coefficient (Wildman–Crippen LogP) is 1.63. The maximum absolute atomic E-state index is 12.5. The molecule has 0 saturated carbocycles. The van der Waals surface area contributed by atoms with Crippen LogP contribution in [0.25, 0.3) is 10.9 Å². The summed E-state index contributed by atoms with van der Waals surface area (Å²) in [6, 6.07) is 7.91. The van der Waals surface area contributed by atoms with Crippen molar-refractivity contribution in [1.82, 2.24) is 14.8 Å². The second kappa shape index (κ2) is 6.10. The minimum Gasteiger partial charge on any atom is -0.378 e. The van der Waals surface area contributed by atoms with E-state index in [-0.39, 0.29) is 18.1 Å². The van der Waals surface area contributed by atoms with Gasteiger partial charge in [-0.1, -0.05) is 13.0 Å². The lowest BCUT2D eigenvalue weighted by Gasteiger charge is -2.18.